The molecule has 0 saturated heterocycles. The van der Waals surface area contributed by atoms with Gasteiger partial charge in [-0.1, -0.05) is 47.5 Å². The lowest BCUT2D eigenvalue weighted by atomic mass is 10.0. The quantitative estimate of drug-likeness (QED) is 0.558. The highest BCUT2D eigenvalue weighted by molar-refractivity contribution is 6.31. The van der Waals surface area contributed by atoms with E-state index in [1.54, 1.807) is 49.4 Å². The molecule has 4 nitrogen and oxygen atoms in total. The standard InChI is InChI=1S/C20H16Cl2F3N3O/c1-12(16-7-2-3-8-17(16)22)19(29)26-11-15-10-18(20(23,24)25)27-28(15)14-6-4-5-13(21)9-14/h2-10,12H,11H2,1H3,(H,26,29). The molecule has 0 bridgehead atoms. The molecule has 0 aliphatic carbocycles. The maximum Gasteiger partial charge on any atom is 0.435 e. The van der Waals surface area contributed by atoms with Gasteiger partial charge in [-0.2, -0.15) is 18.3 Å². The minimum Gasteiger partial charge on any atom is -0.350 e. The van der Waals surface area contributed by atoms with Crippen molar-refractivity contribution in [3.63, 3.8) is 0 Å². The van der Waals surface area contributed by atoms with Crippen molar-refractivity contribution in [3.05, 3.63) is 81.6 Å². The number of amides is 1. The van der Waals surface area contributed by atoms with Gasteiger partial charge in [0.2, 0.25) is 5.91 Å². The summed E-state index contributed by atoms with van der Waals surface area (Å²) in [5, 5.41) is 7.10. The molecule has 2 aromatic carbocycles. The summed E-state index contributed by atoms with van der Waals surface area (Å²) in [7, 11) is 0. The van der Waals surface area contributed by atoms with E-state index in [2.05, 4.69) is 10.4 Å². The first kappa shape index (κ1) is 21.2. The highest BCUT2D eigenvalue weighted by atomic mass is 35.5. The molecule has 1 N–H and O–H groups in total. The smallest absolute Gasteiger partial charge is 0.350 e. The van der Waals surface area contributed by atoms with Crippen LogP contribution in [-0.4, -0.2) is 15.7 Å². The summed E-state index contributed by atoms with van der Waals surface area (Å²) < 4.78 is 40.6. The summed E-state index contributed by atoms with van der Waals surface area (Å²) in [5.74, 6) is -0.946. The van der Waals surface area contributed by atoms with Crippen LogP contribution in [0.2, 0.25) is 10.0 Å². The van der Waals surface area contributed by atoms with Crippen molar-refractivity contribution in [2.24, 2.45) is 0 Å². The zero-order valence-electron chi connectivity index (χ0n) is 15.2. The molecule has 29 heavy (non-hydrogen) atoms. The third-order valence-electron chi connectivity index (χ3n) is 4.34. The minimum atomic E-state index is -4.62. The van der Waals surface area contributed by atoms with Crippen molar-refractivity contribution in [3.8, 4) is 5.69 Å². The highest BCUT2D eigenvalue weighted by Gasteiger charge is 2.35. The second kappa shape index (κ2) is 8.47. The highest BCUT2D eigenvalue weighted by Crippen LogP contribution is 2.30. The molecule has 3 aromatic rings. The van der Waals surface area contributed by atoms with Gasteiger partial charge in [0.15, 0.2) is 5.69 Å². The van der Waals surface area contributed by atoms with Gasteiger partial charge in [-0.3, -0.25) is 4.79 Å². The van der Waals surface area contributed by atoms with Crippen LogP contribution in [0.5, 0.6) is 0 Å². The number of hydrogen-bond acceptors (Lipinski definition) is 2. The van der Waals surface area contributed by atoms with Gasteiger partial charge in [0.1, 0.15) is 0 Å². The molecule has 3 rings (SSSR count). The predicted molar refractivity (Wildman–Crippen MR) is 105 cm³/mol. The lowest BCUT2D eigenvalue weighted by molar-refractivity contribution is -0.141. The molecule has 0 aliphatic rings. The Morgan fingerprint density at radius 2 is 1.86 bits per heavy atom. The number of nitrogens with zero attached hydrogens (tertiary/aromatic N) is 2. The van der Waals surface area contributed by atoms with E-state index in [4.69, 9.17) is 23.2 Å². The first-order valence-electron chi connectivity index (χ1n) is 8.61. The van der Waals surface area contributed by atoms with Crippen LogP contribution >= 0.6 is 23.2 Å². The van der Waals surface area contributed by atoms with Crippen LogP contribution < -0.4 is 5.32 Å². The van der Waals surface area contributed by atoms with E-state index in [9.17, 15) is 18.0 Å². The molecular formula is C20H16Cl2F3N3O. The minimum absolute atomic E-state index is 0.150. The summed E-state index contributed by atoms with van der Waals surface area (Å²) in [6.45, 7) is 1.52. The van der Waals surface area contributed by atoms with Crippen molar-refractivity contribution < 1.29 is 18.0 Å². The normalized spacial score (nSPS) is 12.6. The van der Waals surface area contributed by atoms with E-state index in [0.29, 0.717) is 21.3 Å². The van der Waals surface area contributed by atoms with Gasteiger partial charge in [0, 0.05) is 10.0 Å². The van der Waals surface area contributed by atoms with Gasteiger partial charge >= 0.3 is 6.18 Å². The van der Waals surface area contributed by atoms with E-state index in [1.165, 1.54) is 6.07 Å². The largest absolute Gasteiger partial charge is 0.435 e. The average Bonchev–Trinajstić information content (AvgIpc) is 3.11. The second-order valence-corrected chi connectivity index (χ2v) is 7.21. The third kappa shape index (κ3) is 4.92. The van der Waals surface area contributed by atoms with Crippen LogP contribution in [0.15, 0.2) is 54.6 Å². The SMILES string of the molecule is CC(C(=O)NCc1cc(C(F)(F)F)nn1-c1cccc(Cl)c1)c1ccccc1Cl. The van der Waals surface area contributed by atoms with Gasteiger partial charge in [-0.15, -0.1) is 0 Å². The molecule has 1 atom stereocenters. The van der Waals surface area contributed by atoms with Gasteiger partial charge in [-0.25, -0.2) is 4.68 Å². The molecule has 0 spiro atoms. The number of carbonyl (C=O) groups excluding carboxylic acids is 1. The Morgan fingerprint density at radius 3 is 2.52 bits per heavy atom. The molecular weight excluding hydrogens is 426 g/mol. The molecule has 0 saturated carbocycles. The maximum atomic E-state index is 13.2. The summed E-state index contributed by atoms with van der Waals surface area (Å²) in [6.07, 6.45) is -4.62. The maximum absolute atomic E-state index is 13.2. The Hall–Kier alpha value is -2.51. The van der Waals surface area contributed by atoms with E-state index in [-0.39, 0.29) is 18.1 Å². The molecule has 0 fully saturated rings. The summed E-state index contributed by atoms with van der Waals surface area (Å²) >= 11 is 12.1. The van der Waals surface area contributed by atoms with Crippen LogP contribution in [0.3, 0.4) is 0 Å². The Labute approximate surface area is 175 Å². The molecule has 0 radical (unpaired) electrons. The lowest BCUT2D eigenvalue weighted by Gasteiger charge is -2.14. The van der Waals surface area contributed by atoms with Crippen molar-refractivity contribution >= 4 is 29.1 Å². The number of rotatable bonds is 5. The molecule has 0 aliphatic heterocycles. The van der Waals surface area contributed by atoms with Gasteiger partial charge in [-0.05, 0) is 42.8 Å². The summed E-state index contributed by atoms with van der Waals surface area (Å²) in [4.78, 5) is 12.5. The number of aromatic nitrogens is 2. The number of carbonyl (C=O) groups is 1. The molecule has 9 heteroatoms. The fourth-order valence-electron chi connectivity index (χ4n) is 2.81. The van der Waals surface area contributed by atoms with Crippen LogP contribution in [0.25, 0.3) is 5.69 Å². The van der Waals surface area contributed by atoms with E-state index >= 15 is 0 Å². The van der Waals surface area contributed by atoms with Gasteiger partial charge < -0.3 is 5.32 Å². The molecule has 1 unspecified atom stereocenters. The van der Waals surface area contributed by atoms with E-state index in [1.807, 2.05) is 0 Å². The van der Waals surface area contributed by atoms with E-state index < -0.39 is 17.8 Å². The lowest BCUT2D eigenvalue weighted by Crippen LogP contribution is -2.28. The first-order chi connectivity index (χ1) is 13.7. The van der Waals surface area contributed by atoms with Crippen LogP contribution in [0, 0.1) is 0 Å². The molecule has 1 heterocycles. The average molecular weight is 442 g/mol. The molecule has 152 valence electrons. The van der Waals surface area contributed by atoms with Crippen LogP contribution in [-0.2, 0) is 17.5 Å². The summed E-state index contributed by atoms with van der Waals surface area (Å²) in [5.41, 5.74) is 0.0996. The van der Waals surface area contributed by atoms with Crippen molar-refractivity contribution in [2.45, 2.75) is 25.6 Å². The van der Waals surface area contributed by atoms with Crippen molar-refractivity contribution in [1.29, 1.82) is 0 Å². The number of alkyl halides is 3. The number of benzene rings is 2. The van der Waals surface area contributed by atoms with Crippen molar-refractivity contribution in [2.75, 3.05) is 0 Å². The topological polar surface area (TPSA) is 46.9 Å². The van der Waals surface area contributed by atoms with Gasteiger partial charge in [0.25, 0.3) is 0 Å². The molecule has 1 aromatic heterocycles. The van der Waals surface area contributed by atoms with Crippen molar-refractivity contribution in [1.82, 2.24) is 15.1 Å². The second-order valence-electron chi connectivity index (χ2n) is 6.37. The number of nitrogens with one attached hydrogen (secondary N) is 1. The zero-order chi connectivity index (χ0) is 21.2. The Bertz CT molecular complexity index is 1030. The Kier molecular flexibility index (Phi) is 6.19. The Morgan fingerprint density at radius 1 is 1.14 bits per heavy atom. The predicted octanol–water partition coefficient (Wildman–Crippen LogP) is 5.62. The van der Waals surface area contributed by atoms with Gasteiger partial charge in [0.05, 0.1) is 23.8 Å². The monoisotopic (exact) mass is 441 g/mol. The first-order valence-corrected chi connectivity index (χ1v) is 9.36. The fraction of sp³-hybridized carbons (Fsp3) is 0.200. The Balaban J connectivity index is 1.85. The van der Waals surface area contributed by atoms with Crippen LogP contribution in [0.4, 0.5) is 13.2 Å². The van der Waals surface area contributed by atoms with E-state index in [0.717, 1.165) is 10.7 Å². The zero-order valence-corrected chi connectivity index (χ0v) is 16.7. The number of hydrogen-bond donors (Lipinski definition) is 1. The van der Waals surface area contributed by atoms with Crippen LogP contribution in [0.1, 0.15) is 29.8 Å². The number of halogens is 5. The summed E-state index contributed by atoms with van der Waals surface area (Å²) in [6, 6.07) is 14.1. The third-order valence-corrected chi connectivity index (χ3v) is 4.91. The fourth-order valence-corrected chi connectivity index (χ4v) is 3.30. The molecule has 1 amide bonds.